The summed E-state index contributed by atoms with van der Waals surface area (Å²) in [5.41, 5.74) is 3.42. The second kappa shape index (κ2) is 6.33. The Morgan fingerprint density at radius 3 is 2.94 bits per heavy atom. The van der Waals surface area contributed by atoms with Crippen LogP contribution < -0.4 is 5.32 Å². The van der Waals surface area contributed by atoms with Crippen molar-refractivity contribution in [2.75, 3.05) is 6.54 Å². The number of halogens is 1. The number of nitrogens with zero attached hydrogens (tertiary/aromatic N) is 2. The van der Waals surface area contributed by atoms with Gasteiger partial charge in [-0.2, -0.15) is 0 Å². The maximum atomic E-state index is 4.52. The van der Waals surface area contributed by atoms with Crippen LogP contribution in [0, 0.1) is 6.92 Å². The van der Waals surface area contributed by atoms with Gasteiger partial charge in [0.15, 0.2) is 0 Å². The van der Waals surface area contributed by atoms with Crippen molar-refractivity contribution in [3.05, 3.63) is 53.5 Å². The van der Waals surface area contributed by atoms with E-state index in [2.05, 4.69) is 73.6 Å². The Balaban J connectivity index is 1.87. The number of hydrogen-bond donors (Lipinski definition) is 1. The molecule has 2 heterocycles. The molecule has 0 bridgehead atoms. The van der Waals surface area contributed by atoms with Crippen molar-refractivity contribution in [1.29, 1.82) is 0 Å². The molecule has 2 rings (SSSR count). The molecule has 3 nitrogen and oxygen atoms in total. The fourth-order valence-electron chi connectivity index (χ4n) is 1.97. The highest BCUT2D eigenvalue weighted by molar-refractivity contribution is 14.1. The zero-order valence-corrected chi connectivity index (χ0v) is 12.9. The number of nitrogens with one attached hydrogen (secondary N) is 1. The van der Waals surface area contributed by atoms with E-state index in [9.17, 15) is 0 Å². The number of allylic oxidation sites excluding steroid dienone is 3. The van der Waals surface area contributed by atoms with E-state index in [0.717, 1.165) is 24.5 Å². The fourth-order valence-corrected chi connectivity index (χ4v) is 2.74. The van der Waals surface area contributed by atoms with Gasteiger partial charge in [-0.25, -0.2) is 3.11 Å². The Bertz CT molecular complexity index is 468. The Morgan fingerprint density at radius 2 is 2.22 bits per heavy atom. The van der Waals surface area contributed by atoms with E-state index in [1.165, 1.54) is 5.70 Å². The fraction of sp³-hybridized carbons (Fsp3) is 0.357. The average Bonchev–Trinajstić information content (AvgIpc) is 2.28. The molecule has 0 aliphatic carbocycles. The first-order valence-electron chi connectivity index (χ1n) is 6.08. The lowest BCUT2D eigenvalue weighted by Crippen LogP contribution is -2.36. The molecular weight excluding hydrogens is 337 g/mol. The van der Waals surface area contributed by atoms with Crippen molar-refractivity contribution in [3.63, 3.8) is 0 Å². The quantitative estimate of drug-likeness (QED) is 0.665. The third kappa shape index (κ3) is 4.10. The predicted molar refractivity (Wildman–Crippen MR) is 83.2 cm³/mol. The highest BCUT2D eigenvalue weighted by Crippen LogP contribution is 2.11. The molecule has 1 atom stereocenters. The van der Waals surface area contributed by atoms with Crippen molar-refractivity contribution < 1.29 is 0 Å². The molecule has 0 saturated carbocycles. The minimum absolute atomic E-state index is 0.386. The number of rotatable bonds is 4. The van der Waals surface area contributed by atoms with Crippen LogP contribution in [0.25, 0.3) is 0 Å². The van der Waals surface area contributed by atoms with E-state index in [-0.39, 0.29) is 0 Å². The van der Waals surface area contributed by atoms with Gasteiger partial charge in [-0.05, 0) is 32.1 Å². The molecule has 0 fully saturated rings. The molecule has 1 unspecified atom stereocenters. The highest BCUT2D eigenvalue weighted by atomic mass is 127. The Morgan fingerprint density at radius 1 is 1.39 bits per heavy atom. The van der Waals surface area contributed by atoms with Gasteiger partial charge in [0.2, 0.25) is 0 Å². The summed E-state index contributed by atoms with van der Waals surface area (Å²) in [4.78, 5) is 4.52. The van der Waals surface area contributed by atoms with Crippen LogP contribution in [0.5, 0.6) is 0 Å². The van der Waals surface area contributed by atoms with Crippen LogP contribution in [0.15, 0.2) is 42.1 Å². The summed E-state index contributed by atoms with van der Waals surface area (Å²) in [6.45, 7) is 5.96. The normalized spacial score (nSPS) is 18.7. The molecule has 1 aliphatic heterocycles. The van der Waals surface area contributed by atoms with Crippen LogP contribution in [0.1, 0.15) is 18.3 Å². The summed E-state index contributed by atoms with van der Waals surface area (Å²) in [6, 6.07) is 6.55. The average molecular weight is 355 g/mol. The minimum atomic E-state index is 0.386. The van der Waals surface area contributed by atoms with Gasteiger partial charge in [-0.15, -0.1) is 0 Å². The molecule has 96 valence electrons. The molecular formula is C14H18IN3. The van der Waals surface area contributed by atoms with Gasteiger partial charge in [0, 0.05) is 40.8 Å². The summed E-state index contributed by atoms with van der Waals surface area (Å²) >= 11 is 2.37. The molecule has 0 saturated heterocycles. The lowest BCUT2D eigenvalue weighted by atomic mass is 10.2. The SMILES string of the molecule is CC1=CC=CC(CN(I)Cc2cccc(C)n2)N1. The van der Waals surface area contributed by atoms with E-state index in [1.807, 2.05) is 13.0 Å². The molecule has 1 aromatic heterocycles. The largest absolute Gasteiger partial charge is 0.381 e. The Hall–Kier alpha value is -0.880. The Labute approximate surface area is 122 Å². The summed E-state index contributed by atoms with van der Waals surface area (Å²) in [5, 5.41) is 3.45. The third-order valence-electron chi connectivity index (χ3n) is 2.78. The zero-order valence-electron chi connectivity index (χ0n) is 10.7. The molecule has 0 aromatic carbocycles. The van der Waals surface area contributed by atoms with Crippen LogP contribution in [0.4, 0.5) is 0 Å². The second-order valence-electron chi connectivity index (χ2n) is 4.56. The number of aromatic nitrogens is 1. The Kier molecular flexibility index (Phi) is 4.77. The van der Waals surface area contributed by atoms with Gasteiger partial charge in [-0.3, -0.25) is 4.98 Å². The van der Waals surface area contributed by atoms with Crippen LogP contribution in [-0.2, 0) is 6.54 Å². The van der Waals surface area contributed by atoms with E-state index in [0.29, 0.717) is 6.04 Å². The van der Waals surface area contributed by atoms with Crippen LogP contribution in [0.2, 0.25) is 0 Å². The molecule has 1 aliphatic rings. The van der Waals surface area contributed by atoms with Gasteiger partial charge >= 0.3 is 0 Å². The van der Waals surface area contributed by atoms with Crippen molar-refractivity contribution >= 4 is 22.9 Å². The first kappa shape index (κ1) is 13.5. The topological polar surface area (TPSA) is 28.2 Å². The van der Waals surface area contributed by atoms with Crippen LogP contribution >= 0.6 is 22.9 Å². The molecule has 0 radical (unpaired) electrons. The van der Waals surface area contributed by atoms with Crippen molar-refractivity contribution in [3.8, 4) is 0 Å². The lowest BCUT2D eigenvalue weighted by Gasteiger charge is -2.24. The minimum Gasteiger partial charge on any atom is -0.381 e. The van der Waals surface area contributed by atoms with Gasteiger partial charge in [0.25, 0.3) is 0 Å². The monoisotopic (exact) mass is 355 g/mol. The molecule has 0 spiro atoms. The van der Waals surface area contributed by atoms with Crippen molar-refractivity contribution in [2.45, 2.75) is 26.4 Å². The van der Waals surface area contributed by atoms with Gasteiger partial charge in [0.05, 0.1) is 18.3 Å². The number of dihydropyridines is 1. The van der Waals surface area contributed by atoms with Crippen LogP contribution in [-0.4, -0.2) is 20.7 Å². The first-order valence-corrected chi connectivity index (χ1v) is 7.05. The summed E-state index contributed by atoms with van der Waals surface area (Å²) < 4.78 is 2.26. The number of hydrogen-bond acceptors (Lipinski definition) is 3. The van der Waals surface area contributed by atoms with E-state index in [1.54, 1.807) is 0 Å². The third-order valence-corrected chi connectivity index (χ3v) is 3.51. The van der Waals surface area contributed by atoms with Gasteiger partial charge in [-0.1, -0.05) is 18.2 Å². The van der Waals surface area contributed by atoms with E-state index in [4.69, 9.17) is 0 Å². The molecule has 1 N–H and O–H groups in total. The molecule has 4 heteroatoms. The highest BCUT2D eigenvalue weighted by Gasteiger charge is 2.12. The second-order valence-corrected chi connectivity index (χ2v) is 5.92. The maximum Gasteiger partial charge on any atom is 0.0580 e. The van der Waals surface area contributed by atoms with E-state index >= 15 is 0 Å². The van der Waals surface area contributed by atoms with E-state index < -0.39 is 0 Å². The molecule has 1 aromatic rings. The van der Waals surface area contributed by atoms with Crippen LogP contribution in [0.3, 0.4) is 0 Å². The maximum absolute atomic E-state index is 4.52. The number of pyridine rings is 1. The predicted octanol–water partition coefficient (Wildman–Crippen LogP) is 2.97. The van der Waals surface area contributed by atoms with Gasteiger partial charge < -0.3 is 5.32 Å². The standard InChI is InChI=1S/C14H18IN3/c1-11-5-3-7-13(16-11)9-18(15)10-14-8-4-6-12(2)17-14/h3-8,13,16H,9-10H2,1-2H3. The van der Waals surface area contributed by atoms with Gasteiger partial charge in [0.1, 0.15) is 0 Å². The summed E-state index contributed by atoms with van der Waals surface area (Å²) in [6.07, 6.45) is 6.41. The zero-order chi connectivity index (χ0) is 13.0. The van der Waals surface area contributed by atoms with Crippen molar-refractivity contribution in [2.24, 2.45) is 0 Å². The van der Waals surface area contributed by atoms with Crippen molar-refractivity contribution in [1.82, 2.24) is 13.4 Å². The number of aryl methyl sites for hydroxylation is 1. The summed E-state index contributed by atoms with van der Waals surface area (Å²) in [7, 11) is 0. The first-order chi connectivity index (χ1) is 8.63. The molecule has 0 amide bonds. The molecule has 18 heavy (non-hydrogen) atoms. The summed E-state index contributed by atoms with van der Waals surface area (Å²) in [5.74, 6) is 0. The smallest absolute Gasteiger partial charge is 0.0580 e. The lowest BCUT2D eigenvalue weighted by molar-refractivity contribution is 0.450.